The molecule has 0 rings (SSSR count). The summed E-state index contributed by atoms with van der Waals surface area (Å²) in [6.45, 7) is 2.71. The van der Waals surface area contributed by atoms with Crippen LogP contribution in [0.1, 0.15) is 0 Å². The van der Waals surface area contributed by atoms with Crippen LogP contribution in [0.2, 0.25) is 0 Å². The summed E-state index contributed by atoms with van der Waals surface area (Å²) < 4.78 is 28.0. The van der Waals surface area contributed by atoms with Crippen LogP contribution in [0.4, 0.5) is 0 Å². The van der Waals surface area contributed by atoms with Crippen LogP contribution in [0.3, 0.4) is 0 Å². The maximum absolute atomic E-state index is 9.98. The van der Waals surface area contributed by atoms with E-state index in [0.29, 0.717) is 0 Å². The van der Waals surface area contributed by atoms with Crippen LogP contribution >= 0.6 is 0 Å². The van der Waals surface area contributed by atoms with Gasteiger partial charge >= 0.3 is 15.1 Å². The summed E-state index contributed by atoms with van der Waals surface area (Å²) >= 11 is 0. The molecule has 0 heterocycles. The molecule has 0 atom stereocenters. The summed E-state index contributed by atoms with van der Waals surface area (Å²) in [5, 5.41) is 8.27. The fraction of sp³-hybridized carbons (Fsp3) is 0. The number of hydrogen-bond acceptors (Lipinski definition) is 4. The first kappa shape index (κ1) is 8.83. The van der Waals surface area contributed by atoms with Gasteiger partial charge in [-0.25, -0.2) is 0 Å². The zero-order chi connectivity index (χ0) is 8.36. The zero-order valence-corrected chi connectivity index (χ0v) is 5.46. The highest BCUT2D eigenvalue weighted by Crippen LogP contribution is 2.00. The van der Waals surface area contributed by atoms with Crippen LogP contribution in [-0.4, -0.2) is 17.9 Å². The molecule has 0 aliphatic heterocycles. The summed E-state index contributed by atoms with van der Waals surface area (Å²) in [6.07, 6.45) is 0. The molecule has 56 valence electrons. The van der Waals surface area contributed by atoms with E-state index in [2.05, 4.69) is 6.58 Å². The molecular formula is C3H3NO5S. The average molecular weight is 165 g/mol. The largest absolute Gasteiger partial charge is 0.427 e. The SMILES string of the molecule is C=C=C([N+](=O)[O-])S(=O)(=O)O. The summed E-state index contributed by atoms with van der Waals surface area (Å²) in [6, 6.07) is 0. The summed E-state index contributed by atoms with van der Waals surface area (Å²) in [5.41, 5.74) is 1.47. The molecule has 0 saturated heterocycles. The van der Waals surface area contributed by atoms with E-state index in [1.165, 1.54) is 5.73 Å². The Kier molecular flexibility index (Phi) is 2.30. The van der Waals surface area contributed by atoms with Crippen molar-refractivity contribution in [2.45, 2.75) is 0 Å². The van der Waals surface area contributed by atoms with Gasteiger partial charge in [0, 0.05) is 0 Å². The minimum atomic E-state index is -4.77. The lowest BCUT2D eigenvalue weighted by molar-refractivity contribution is -0.412. The van der Waals surface area contributed by atoms with Crippen molar-refractivity contribution in [2.24, 2.45) is 0 Å². The van der Waals surface area contributed by atoms with E-state index in [1.54, 1.807) is 0 Å². The molecule has 10 heavy (non-hydrogen) atoms. The summed E-state index contributed by atoms with van der Waals surface area (Å²) in [5.74, 6) is 0. The van der Waals surface area contributed by atoms with Crippen LogP contribution in [0.5, 0.6) is 0 Å². The summed E-state index contributed by atoms with van der Waals surface area (Å²) in [4.78, 5) is 8.41. The van der Waals surface area contributed by atoms with Gasteiger partial charge in [-0.2, -0.15) is 8.42 Å². The molecule has 7 heteroatoms. The third-order valence-corrected chi connectivity index (χ3v) is 1.34. The topological polar surface area (TPSA) is 97.5 Å². The molecule has 1 N–H and O–H groups in total. The van der Waals surface area contributed by atoms with Crippen LogP contribution in [0, 0.1) is 10.1 Å². The molecular weight excluding hydrogens is 162 g/mol. The van der Waals surface area contributed by atoms with E-state index in [1.807, 2.05) is 0 Å². The smallest absolute Gasteiger partial charge is 0.277 e. The van der Waals surface area contributed by atoms with Gasteiger partial charge in [0.1, 0.15) is 0 Å². The molecule has 0 radical (unpaired) electrons. The van der Waals surface area contributed by atoms with Crippen molar-refractivity contribution in [2.75, 3.05) is 0 Å². The lowest BCUT2D eigenvalue weighted by atomic mass is 10.9. The van der Waals surface area contributed by atoms with Crippen molar-refractivity contribution in [1.82, 2.24) is 0 Å². The molecule has 0 amide bonds. The first-order chi connectivity index (χ1) is 4.39. The van der Waals surface area contributed by atoms with Gasteiger partial charge in [-0.1, -0.05) is 0 Å². The van der Waals surface area contributed by atoms with E-state index < -0.39 is 20.1 Å². The van der Waals surface area contributed by atoms with Gasteiger partial charge in [-0.05, 0) is 12.3 Å². The highest BCUT2D eigenvalue weighted by Gasteiger charge is 2.25. The van der Waals surface area contributed by atoms with Gasteiger partial charge in [0.05, 0.1) is 4.92 Å². The Labute approximate surface area is 56.4 Å². The molecule has 0 aromatic rings. The first-order valence-electron chi connectivity index (χ1n) is 1.91. The van der Waals surface area contributed by atoms with Crippen molar-refractivity contribution in [3.05, 3.63) is 27.5 Å². The average Bonchev–Trinajstić information content (AvgIpc) is 1.60. The van der Waals surface area contributed by atoms with E-state index in [0.717, 1.165) is 0 Å². The number of nitro groups is 1. The molecule has 6 nitrogen and oxygen atoms in total. The molecule has 0 spiro atoms. The van der Waals surface area contributed by atoms with E-state index >= 15 is 0 Å². The highest BCUT2D eigenvalue weighted by molar-refractivity contribution is 7.89. The van der Waals surface area contributed by atoms with Gasteiger partial charge < -0.3 is 0 Å². The normalized spacial score (nSPS) is 10.1. The predicted molar refractivity (Wildman–Crippen MR) is 31.2 cm³/mol. The molecule has 0 aliphatic rings. The standard InChI is InChI=1S/C3H3NO5S/c1-2-3(4(5)6)10(7,8)9/h1H2,(H,7,8,9). The Bertz CT molecular complexity index is 295. The van der Waals surface area contributed by atoms with Crippen molar-refractivity contribution < 1.29 is 17.9 Å². The highest BCUT2D eigenvalue weighted by atomic mass is 32.2. The van der Waals surface area contributed by atoms with Gasteiger partial charge in [-0.15, -0.1) is 0 Å². The Hall–Kier alpha value is -1.17. The molecule has 0 unspecified atom stereocenters. The Morgan fingerprint density at radius 3 is 2.10 bits per heavy atom. The molecule has 0 aromatic heterocycles. The quantitative estimate of drug-likeness (QED) is 0.264. The second-order valence-electron chi connectivity index (χ2n) is 1.21. The van der Waals surface area contributed by atoms with E-state index in [-0.39, 0.29) is 0 Å². The van der Waals surface area contributed by atoms with Crippen LogP contribution < -0.4 is 0 Å². The van der Waals surface area contributed by atoms with Gasteiger partial charge in [0.2, 0.25) is 0 Å². The first-order valence-corrected chi connectivity index (χ1v) is 3.35. The fourth-order valence-electron chi connectivity index (χ4n) is 0.250. The van der Waals surface area contributed by atoms with Crippen molar-refractivity contribution >= 4 is 10.1 Å². The zero-order valence-electron chi connectivity index (χ0n) is 4.64. The molecule has 0 aliphatic carbocycles. The summed E-state index contributed by atoms with van der Waals surface area (Å²) in [7, 11) is -4.77. The molecule has 0 bridgehead atoms. The van der Waals surface area contributed by atoms with Crippen LogP contribution in [0.15, 0.2) is 17.3 Å². The number of nitrogens with zero attached hydrogens (tertiary/aromatic N) is 1. The lowest BCUT2D eigenvalue weighted by Gasteiger charge is -1.86. The van der Waals surface area contributed by atoms with Gasteiger partial charge in [-0.3, -0.25) is 14.7 Å². The molecule has 0 aromatic carbocycles. The lowest BCUT2D eigenvalue weighted by Crippen LogP contribution is -2.09. The van der Waals surface area contributed by atoms with Crippen molar-refractivity contribution in [3.8, 4) is 0 Å². The third kappa shape index (κ3) is 1.98. The maximum Gasteiger partial charge on any atom is 0.427 e. The molecule has 0 saturated carbocycles. The van der Waals surface area contributed by atoms with Crippen LogP contribution in [-0.2, 0) is 10.1 Å². The third-order valence-electron chi connectivity index (χ3n) is 0.561. The van der Waals surface area contributed by atoms with E-state index in [4.69, 9.17) is 4.55 Å². The Morgan fingerprint density at radius 1 is 1.70 bits per heavy atom. The minimum Gasteiger partial charge on any atom is -0.277 e. The van der Waals surface area contributed by atoms with Crippen LogP contribution in [0.25, 0.3) is 0 Å². The predicted octanol–water partition coefficient (Wildman–Crippen LogP) is -0.223. The number of hydrogen-bond donors (Lipinski definition) is 1. The maximum atomic E-state index is 9.98. The van der Waals surface area contributed by atoms with Gasteiger partial charge in [0.15, 0.2) is 0 Å². The fourth-order valence-corrected chi connectivity index (χ4v) is 0.621. The monoisotopic (exact) mass is 165 g/mol. The second kappa shape index (κ2) is 2.61. The second-order valence-corrected chi connectivity index (χ2v) is 2.55. The Balaban J connectivity index is 5.16. The van der Waals surface area contributed by atoms with Gasteiger partial charge in [0.25, 0.3) is 0 Å². The van der Waals surface area contributed by atoms with Crippen molar-refractivity contribution in [3.63, 3.8) is 0 Å². The molecule has 0 fully saturated rings. The van der Waals surface area contributed by atoms with Crippen molar-refractivity contribution in [1.29, 1.82) is 0 Å². The minimum absolute atomic E-state index is 1.29. The van der Waals surface area contributed by atoms with E-state index in [9.17, 15) is 18.5 Å². The number of rotatable bonds is 2. The Morgan fingerprint density at radius 2 is 2.10 bits per heavy atom.